The van der Waals surface area contributed by atoms with Gasteiger partial charge in [-0.05, 0) is 18.1 Å². The lowest BCUT2D eigenvalue weighted by molar-refractivity contribution is -0.134. The normalized spacial score (nSPS) is 11.1. The summed E-state index contributed by atoms with van der Waals surface area (Å²) in [5.74, 6) is -0.833. The Morgan fingerprint density at radius 2 is 1.37 bits per heavy atom. The molecule has 2 aromatic carbocycles. The summed E-state index contributed by atoms with van der Waals surface area (Å²) in [6.45, 7) is 3.12. The maximum absolute atomic E-state index is 10.1. The molecule has 100 valence electrons. The zero-order valence-electron chi connectivity index (χ0n) is 11.1. The van der Waals surface area contributed by atoms with E-state index in [-0.39, 0.29) is 0 Å². The van der Waals surface area contributed by atoms with Gasteiger partial charge in [0.1, 0.15) is 6.10 Å². The third kappa shape index (κ3) is 5.36. The van der Waals surface area contributed by atoms with Crippen molar-refractivity contribution in [3.8, 4) is 0 Å². The lowest BCUT2D eigenvalue weighted by Crippen LogP contribution is -1.98. The molecule has 0 aliphatic heterocycles. The lowest BCUT2D eigenvalue weighted by atomic mass is 10.0. The first kappa shape index (κ1) is 14.9. The molecule has 0 heterocycles. The Labute approximate surface area is 113 Å². The average molecular weight is 258 g/mol. The number of aliphatic carboxylic acids is 1. The molecule has 1 unspecified atom stereocenters. The van der Waals surface area contributed by atoms with Gasteiger partial charge in [-0.25, -0.2) is 0 Å². The van der Waals surface area contributed by atoms with Gasteiger partial charge in [0, 0.05) is 6.92 Å². The van der Waals surface area contributed by atoms with E-state index in [1.165, 1.54) is 5.56 Å². The molecule has 3 nitrogen and oxygen atoms in total. The van der Waals surface area contributed by atoms with Crippen molar-refractivity contribution in [1.29, 1.82) is 0 Å². The highest BCUT2D eigenvalue weighted by atomic mass is 16.4. The molecular weight excluding hydrogens is 240 g/mol. The topological polar surface area (TPSA) is 57.5 Å². The fraction of sp³-hybridized carbons (Fsp3) is 0.188. The molecule has 0 saturated heterocycles. The molecule has 0 saturated carbocycles. The van der Waals surface area contributed by atoms with Gasteiger partial charge in [0.05, 0.1) is 0 Å². The maximum Gasteiger partial charge on any atom is 0.300 e. The molecule has 0 bridgehead atoms. The second kappa shape index (κ2) is 7.34. The van der Waals surface area contributed by atoms with Crippen LogP contribution in [0.15, 0.2) is 54.6 Å². The van der Waals surface area contributed by atoms with E-state index in [0.29, 0.717) is 0 Å². The van der Waals surface area contributed by atoms with Crippen LogP contribution in [-0.2, 0) is 4.79 Å². The van der Waals surface area contributed by atoms with Gasteiger partial charge in [0.15, 0.2) is 0 Å². The molecule has 2 aromatic rings. The zero-order chi connectivity index (χ0) is 14.3. The van der Waals surface area contributed by atoms with Crippen LogP contribution in [-0.4, -0.2) is 16.2 Å². The molecule has 0 aliphatic rings. The van der Waals surface area contributed by atoms with Gasteiger partial charge in [-0.3, -0.25) is 4.79 Å². The van der Waals surface area contributed by atoms with Crippen LogP contribution in [0.1, 0.15) is 29.7 Å². The van der Waals surface area contributed by atoms with Gasteiger partial charge in [-0.15, -0.1) is 0 Å². The van der Waals surface area contributed by atoms with E-state index in [4.69, 9.17) is 9.90 Å². The van der Waals surface area contributed by atoms with Crippen LogP contribution in [0.2, 0.25) is 0 Å². The number of carbonyl (C=O) groups is 1. The van der Waals surface area contributed by atoms with Crippen molar-refractivity contribution in [1.82, 2.24) is 0 Å². The number of benzene rings is 2. The Bertz CT molecular complexity index is 499. The third-order valence-electron chi connectivity index (χ3n) is 2.51. The molecule has 0 radical (unpaired) electrons. The van der Waals surface area contributed by atoms with Gasteiger partial charge < -0.3 is 10.2 Å². The maximum atomic E-state index is 10.1. The third-order valence-corrected chi connectivity index (χ3v) is 2.51. The summed E-state index contributed by atoms with van der Waals surface area (Å²) in [6, 6.07) is 17.7. The monoisotopic (exact) mass is 258 g/mol. The SMILES string of the molecule is CC(=O)O.Cc1ccc(C(O)c2ccccc2)cc1. The molecular formula is C16H18O3. The molecule has 0 aromatic heterocycles. The van der Waals surface area contributed by atoms with Crippen molar-refractivity contribution in [3.05, 3.63) is 71.3 Å². The van der Waals surface area contributed by atoms with E-state index < -0.39 is 12.1 Å². The Morgan fingerprint density at radius 1 is 0.947 bits per heavy atom. The van der Waals surface area contributed by atoms with E-state index >= 15 is 0 Å². The molecule has 0 aliphatic carbocycles. The summed E-state index contributed by atoms with van der Waals surface area (Å²) in [5, 5.41) is 17.5. The van der Waals surface area contributed by atoms with Crippen LogP contribution in [0.3, 0.4) is 0 Å². The Hall–Kier alpha value is -2.13. The average Bonchev–Trinajstić information content (AvgIpc) is 2.39. The first-order valence-electron chi connectivity index (χ1n) is 6.00. The van der Waals surface area contributed by atoms with Crippen molar-refractivity contribution in [2.75, 3.05) is 0 Å². The number of aliphatic hydroxyl groups is 1. The van der Waals surface area contributed by atoms with Crippen LogP contribution in [0.5, 0.6) is 0 Å². The Morgan fingerprint density at radius 3 is 1.84 bits per heavy atom. The molecule has 19 heavy (non-hydrogen) atoms. The van der Waals surface area contributed by atoms with Crippen molar-refractivity contribution in [3.63, 3.8) is 0 Å². The fourth-order valence-corrected chi connectivity index (χ4v) is 1.58. The van der Waals surface area contributed by atoms with Gasteiger partial charge in [0.2, 0.25) is 0 Å². The lowest BCUT2D eigenvalue weighted by Gasteiger charge is -2.11. The number of carboxylic acids is 1. The molecule has 0 fully saturated rings. The van der Waals surface area contributed by atoms with Crippen LogP contribution < -0.4 is 0 Å². The Balaban J connectivity index is 0.000000399. The van der Waals surface area contributed by atoms with E-state index in [2.05, 4.69) is 0 Å². The number of aryl methyl sites for hydroxylation is 1. The molecule has 0 amide bonds. The first-order chi connectivity index (χ1) is 9.00. The quantitative estimate of drug-likeness (QED) is 0.869. The minimum absolute atomic E-state index is 0.521. The summed E-state index contributed by atoms with van der Waals surface area (Å²) >= 11 is 0. The smallest absolute Gasteiger partial charge is 0.300 e. The van der Waals surface area contributed by atoms with E-state index in [9.17, 15) is 5.11 Å². The second-order valence-electron chi connectivity index (χ2n) is 4.24. The number of carboxylic acid groups (broad SMARTS) is 1. The summed E-state index contributed by atoms with van der Waals surface area (Å²) in [7, 11) is 0. The van der Waals surface area contributed by atoms with Crippen LogP contribution in [0.4, 0.5) is 0 Å². The second-order valence-corrected chi connectivity index (χ2v) is 4.24. The number of rotatable bonds is 2. The first-order valence-corrected chi connectivity index (χ1v) is 6.00. The summed E-state index contributed by atoms with van der Waals surface area (Å²) in [4.78, 5) is 9.00. The van der Waals surface area contributed by atoms with Crippen LogP contribution in [0, 0.1) is 6.92 Å². The summed E-state index contributed by atoms with van der Waals surface area (Å²) in [5.41, 5.74) is 3.08. The van der Waals surface area contributed by atoms with E-state index in [0.717, 1.165) is 18.1 Å². The van der Waals surface area contributed by atoms with Crippen molar-refractivity contribution < 1.29 is 15.0 Å². The largest absolute Gasteiger partial charge is 0.481 e. The summed E-state index contributed by atoms with van der Waals surface area (Å²) < 4.78 is 0. The predicted molar refractivity (Wildman–Crippen MR) is 75.0 cm³/mol. The van der Waals surface area contributed by atoms with E-state index in [1.54, 1.807) is 0 Å². The number of hydrogen-bond donors (Lipinski definition) is 2. The highest BCUT2D eigenvalue weighted by molar-refractivity contribution is 5.62. The highest BCUT2D eigenvalue weighted by Gasteiger charge is 2.08. The summed E-state index contributed by atoms with van der Waals surface area (Å²) in [6.07, 6.45) is -0.521. The van der Waals surface area contributed by atoms with Crippen LogP contribution >= 0.6 is 0 Å². The number of aliphatic hydroxyl groups excluding tert-OH is 1. The minimum Gasteiger partial charge on any atom is -0.481 e. The highest BCUT2D eigenvalue weighted by Crippen LogP contribution is 2.21. The van der Waals surface area contributed by atoms with Gasteiger partial charge in [-0.1, -0.05) is 60.2 Å². The molecule has 0 spiro atoms. The van der Waals surface area contributed by atoms with Crippen molar-refractivity contribution in [2.45, 2.75) is 20.0 Å². The minimum atomic E-state index is -0.833. The van der Waals surface area contributed by atoms with Crippen molar-refractivity contribution >= 4 is 5.97 Å². The zero-order valence-corrected chi connectivity index (χ0v) is 11.1. The molecule has 2 N–H and O–H groups in total. The number of hydrogen-bond acceptors (Lipinski definition) is 2. The molecule has 2 rings (SSSR count). The van der Waals surface area contributed by atoms with E-state index in [1.807, 2.05) is 61.5 Å². The van der Waals surface area contributed by atoms with Crippen LogP contribution in [0.25, 0.3) is 0 Å². The predicted octanol–water partition coefficient (Wildman–Crippen LogP) is 3.17. The van der Waals surface area contributed by atoms with Crippen molar-refractivity contribution in [2.24, 2.45) is 0 Å². The van der Waals surface area contributed by atoms with Gasteiger partial charge in [-0.2, -0.15) is 0 Å². The van der Waals surface area contributed by atoms with Gasteiger partial charge in [0.25, 0.3) is 5.97 Å². The Kier molecular flexibility index (Phi) is 5.76. The van der Waals surface area contributed by atoms with Gasteiger partial charge >= 0.3 is 0 Å². The fourth-order valence-electron chi connectivity index (χ4n) is 1.58. The molecule has 3 heteroatoms. The molecule has 1 atom stereocenters. The standard InChI is InChI=1S/C14H14O.C2H4O2/c1-11-7-9-13(10-8-11)14(15)12-5-3-2-4-6-12;1-2(3)4/h2-10,14-15H,1H3;1H3,(H,3,4).